The molecule has 2 unspecified atom stereocenters. The van der Waals surface area contributed by atoms with Gasteiger partial charge in [0.05, 0.1) is 11.7 Å². The molecule has 1 aliphatic heterocycles. The average Bonchev–Trinajstić information content (AvgIpc) is 2.90. The van der Waals surface area contributed by atoms with E-state index in [1.807, 2.05) is 0 Å². The van der Waals surface area contributed by atoms with Crippen LogP contribution in [0.25, 0.3) is 0 Å². The van der Waals surface area contributed by atoms with Crippen LogP contribution in [0, 0.1) is 5.92 Å². The van der Waals surface area contributed by atoms with Gasteiger partial charge >= 0.3 is 0 Å². The Morgan fingerprint density at radius 3 is 2.57 bits per heavy atom. The van der Waals surface area contributed by atoms with Crippen molar-refractivity contribution in [3.05, 3.63) is 35.9 Å². The largest absolute Gasteiger partial charge is 0.372 e. The summed E-state index contributed by atoms with van der Waals surface area (Å²) < 4.78 is 6.54. The van der Waals surface area contributed by atoms with Gasteiger partial charge in [-0.15, -0.1) is 0 Å². The maximum absolute atomic E-state index is 6.54. The first-order chi connectivity index (χ1) is 10.3. The summed E-state index contributed by atoms with van der Waals surface area (Å²) in [5, 5.41) is 1.08. The molecule has 0 aromatic heterocycles. The lowest BCUT2D eigenvalue weighted by Gasteiger charge is -2.33. The lowest BCUT2D eigenvalue weighted by atomic mass is 9.83. The van der Waals surface area contributed by atoms with E-state index in [2.05, 4.69) is 46.3 Å². The summed E-state index contributed by atoms with van der Waals surface area (Å²) in [6.07, 6.45) is 12.2. The SMILES string of the molecule is BrCC(Cc1ccccc1)CC1CCC2(CCCCC2)O1. The van der Waals surface area contributed by atoms with Gasteiger partial charge in [0.2, 0.25) is 0 Å². The molecule has 1 saturated heterocycles. The molecule has 1 nitrogen and oxygen atoms in total. The van der Waals surface area contributed by atoms with E-state index < -0.39 is 0 Å². The third kappa shape index (κ3) is 4.10. The fourth-order valence-electron chi connectivity index (χ4n) is 4.15. The van der Waals surface area contributed by atoms with Gasteiger partial charge in [-0.25, -0.2) is 0 Å². The molecule has 1 aliphatic carbocycles. The molecule has 0 N–H and O–H groups in total. The number of benzene rings is 1. The van der Waals surface area contributed by atoms with Crippen molar-refractivity contribution in [3.8, 4) is 0 Å². The van der Waals surface area contributed by atoms with Crippen LogP contribution in [-0.4, -0.2) is 17.0 Å². The number of ether oxygens (including phenoxy) is 1. The van der Waals surface area contributed by atoms with Gasteiger partial charge in [-0.3, -0.25) is 0 Å². The Labute approximate surface area is 137 Å². The van der Waals surface area contributed by atoms with Gasteiger partial charge < -0.3 is 4.74 Å². The van der Waals surface area contributed by atoms with E-state index in [1.54, 1.807) is 0 Å². The molecule has 116 valence electrons. The lowest BCUT2D eigenvalue weighted by Crippen LogP contribution is -2.32. The van der Waals surface area contributed by atoms with Crippen molar-refractivity contribution < 1.29 is 4.74 Å². The smallest absolute Gasteiger partial charge is 0.0687 e. The van der Waals surface area contributed by atoms with Gasteiger partial charge in [0, 0.05) is 5.33 Å². The number of hydrogen-bond donors (Lipinski definition) is 0. The van der Waals surface area contributed by atoms with Gasteiger partial charge in [0.1, 0.15) is 0 Å². The van der Waals surface area contributed by atoms with Crippen molar-refractivity contribution in [3.63, 3.8) is 0 Å². The topological polar surface area (TPSA) is 9.23 Å². The zero-order chi connectivity index (χ0) is 14.5. The van der Waals surface area contributed by atoms with Crippen LogP contribution in [0.4, 0.5) is 0 Å². The van der Waals surface area contributed by atoms with Crippen molar-refractivity contribution in [2.24, 2.45) is 5.92 Å². The number of rotatable bonds is 5. The first kappa shape index (κ1) is 15.6. The maximum atomic E-state index is 6.54. The molecule has 0 amide bonds. The minimum atomic E-state index is 0.270. The summed E-state index contributed by atoms with van der Waals surface area (Å²) in [7, 11) is 0. The Balaban J connectivity index is 1.53. The molecule has 2 atom stereocenters. The van der Waals surface area contributed by atoms with E-state index in [0.717, 1.165) is 5.33 Å². The predicted molar refractivity (Wildman–Crippen MR) is 92.0 cm³/mol. The summed E-state index contributed by atoms with van der Waals surface area (Å²) in [5.41, 5.74) is 1.72. The van der Waals surface area contributed by atoms with E-state index in [-0.39, 0.29) is 5.60 Å². The Bertz CT molecular complexity index is 424. The molecule has 1 spiro atoms. The van der Waals surface area contributed by atoms with Crippen molar-refractivity contribution in [2.45, 2.75) is 69.5 Å². The quantitative estimate of drug-likeness (QED) is 0.636. The van der Waals surface area contributed by atoms with Crippen LogP contribution >= 0.6 is 15.9 Å². The second-order valence-electron chi connectivity index (χ2n) is 6.97. The summed E-state index contributed by atoms with van der Waals surface area (Å²) in [5.74, 6) is 0.691. The Morgan fingerprint density at radius 1 is 1.10 bits per heavy atom. The van der Waals surface area contributed by atoms with Crippen molar-refractivity contribution >= 4 is 15.9 Å². The molecule has 2 heteroatoms. The first-order valence-corrected chi connectivity index (χ1v) is 9.69. The Hall–Kier alpha value is -0.340. The maximum Gasteiger partial charge on any atom is 0.0687 e. The lowest BCUT2D eigenvalue weighted by molar-refractivity contribution is -0.0690. The first-order valence-electron chi connectivity index (χ1n) is 8.57. The molecule has 2 fully saturated rings. The monoisotopic (exact) mass is 350 g/mol. The van der Waals surface area contributed by atoms with E-state index in [0.29, 0.717) is 12.0 Å². The zero-order valence-electron chi connectivity index (χ0n) is 12.9. The summed E-state index contributed by atoms with van der Waals surface area (Å²) in [6.45, 7) is 0. The predicted octanol–water partition coefficient (Wildman–Crippen LogP) is 5.51. The number of hydrogen-bond acceptors (Lipinski definition) is 1. The molecule has 3 rings (SSSR count). The van der Waals surface area contributed by atoms with Gasteiger partial charge in [-0.2, -0.15) is 0 Å². The highest BCUT2D eigenvalue weighted by molar-refractivity contribution is 9.09. The van der Waals surface area contributed by atoms with Crippen LogP contribution in [0.3, 0.4) is 0 Å². The van der Waals surface area contributed by atoms with E-state index >= 15 is 0 Å². The van der Waals surface area contributed by atoms with Crippen LogP contribution in [0.1, 0.15) is 56.9 Å². The van der Waals surface area contributed by atoms with Crippen molar-refractivity contribution in [2.75, 3.05) is 5.33 Å². The molecular formula is C19H27BrO. The van der Waals surface area contributed by atoms with Gasteiger partial charge in [-0.05, 0) is 50.0 Å². The second kappa shape index (κ2) is 7.28. The molecule has 1 saturated carbocycles. The number of halogens is 1. The highest BCUT2D eigenvalue weighted by Gasteiger charge is 2.41. The summed E-state index contributed by atoms with van der Waals surface area (Å²) in [4.78, 5) is 0. The van der Waals surface area contributed by atoms with E-state index in [1.165, 1.54) is 63.4 Å². The van der Waals surface area contributed by atoms with E-state index in [4.69, 9.17) is 4.74 Å². The Morgan fingerprint density at radius 2 is 1.86 bits per heavy atom. The van der Waals surface area contributed by atoms with Gasteiger partial charge in [0.15, 0.2) is 0 Å². The third-order valence-electron chi connectivity index (χ3n) is 5.29. The normalized spacial score (nSPS) is 26.0. The highest BCUT2D eigenvalue weighted by Crippen LogP contribution is 2.43. The fraction of sp³-hybridized carbons (Fsp3) is 0.684. The molecule has 0 bridgehead atoms. The van der Waals surface area contributed by atoms with E-state index in [9.17, 15) is 0 Å². The third-order valence-corrected chi connectivity index (χ3v) is 6.20. The highest BCUT2D eigenvalue weighted by atomic mass is 79.9. The molecule has 2 aliphatic rings. The fourth-order valence-corrected chi connectivity index (χ4v) is 4.64. The molecule has 1 aromatic rings. The second-order valence-corrected chi connectivity index (χ2v) is 7.62. The van der Waals surface area contributed by atoms with Crippen molar-refractivity contribution in [1.82, 2.24) is 0 Å². The molecule has 0 radical (unpaired) electrons. The minimum Gasteiger partial charge on any atom is -0.372 e. The molecule has 1 heterocycles. The Kier molecular flexibility index (Phi) is 5.39. The average molecular weight is 351 g/mol. The summed E-state index contributed by atoms with van der Waals surface area (Å²) in [6, 6.07) is 10.9. The molecular weight excluding hydrogens is 324 g/mol. The standard InChI is InChI=1S/C19H27BrO/c20-15-17(13-16-7-3-1-4-8-16)14-18-9-12-19(21-18)10-5-2-6-11-19/h1,3-4,7-8,17-18H,2,5-6,9-15H2. The molecule has 1 aromatic carbocycles. The van der Waals surface area contributed by atoms with Crippen LogP contribution < -0.4 is 0 Å². The molecule has 21 heavy (non-hydrogen) atoms. The van der Waals surface area contributed by atoms with Gasteiger partial charge in [-0.1, -0.05) is 65.5 Å². The van der Waals surface area contributed by atoms with Crippen LogP contribution in [-0.2, 0) is 11.2 Å². The zero-order valence-corrected chi connectivity index (χ0v) is 14.5. The van der Waals surface area contributed by atoms with Crippen LogP contribution in [0.15, 0.2) is 30.3 Å². The summed E-state index contributed by atoms with van der Waals surface area (Å²) >= 11 is 3.71. The van der Waals surface area contributed by atoms with Crippen LogP contribution in [0.5, 0.6) is 0 Å². The van der Waals surface area contributed by atoms with Crippen LogP contribution in [0.2, 0.25) is 0 Å². The minimum absolute atomic E-state index is 0.270. The van der Waals surface area contributed by atoms with Crippen molar-refractivity contribution in [1.29, 1.82) is 0 Å². The number of alkyl halides is 1. The van der Waals surface area contributed by atoms with Gasteiger partial charge in [0.25, 0.3) is 0 Å².